The summed E-state index contributed by atoms with van der Waals surface area (Å²) >= 11 is 0. The summed E-state index contributed by atoms with van der Waals surface area (Å²) in [4.78, 5) is 58.7. The van der Waals surface area contributed by atoms with Crippen molar-refractivity contribution in [2.75, 3.05) is 6.54 Å². The van der Waals surface area contributed by atoms with E-state index in [9.17, 15) is 36.4 Å². The maximum absolute atomic E-state index is 14.7. The fourth-order valence-electron chi connectivity index (χ4n) is 7.72. The highest BCUT2D eigenvalue weighted by Gasteiger charge is 2.67. The molecule has 6 bridgehead atoms. The van der Waals surface area contributed by atoms with E-state index in [0.717, 1.165) is 29.5 Å². The molecule has 3 N–H and O–H groups in total. The highest BCUT2D eigenvalue weighted by Crippen LogP contribution is 2.49. The van der Waals surface area contributed by atoms with Gasteiger partial charge in [-0.25, -0.2) is 22.0 Å². The number of hydrogen-bond acceptors (Lipinski definition) is 9. The fraction of sp³-hybridized carbons (Fsp3) is 0.512. The minimum absolute atomic E-state index is 0.0987. The molecule has 2 aliphatic carbocycles. The molecule has 7 rings (SSSR count). The molecule has 3 fully saturated rings. The van der Waals surface area contributed by atoms with Crippen molar-refractivity contribution in [2.24, 2.45) is 11.3 Å². The number of alkyl halides is 2. The Bertz CT molecular complexity index is 2210. The Morgan fingerprint density at radius 3 is 2.34 bits per heavy atom. The van der Waals surface area contributed by atoms with E-state index in [0.29, 0.717) is 30.7 Å². The van der Waals surface area contributed by atoms with Crippen LogP contribution in [0.3, 0.4) is 0 Å². The largest absolute Gasteiger partial charge is 0.447 e. The van der Waals surface area contributed by atoms with E-state index in [1.54, 1.807) is 27.7 Å². The zero-order valence-corrected chi connectivity index (χ0v) is 33.7. The molecule has 0 spiro atoms. The Hall–Kier alpha value is -5.19. The summed E-state index contributed by atoms with van der Waals surface area (Å²) in [6.07, 6.45) is 1.78. The van der Waals surface area contributed by atoms with Gasteiger partial charge in [0.1, 0.15) is 35.1 Å². The molecule has 6 atom stereocenters. The van der Waals surface area contributed by atoms with Crippen molar-refractivity contribution in [3.8, 4) is 22.5 Å². The van der Waals surface area contributed by atoms with Crippen LogP contribution in [0.15, 0.2) is 60.7 Å². The molecule has 4 amide bonds. The summed E-state index contributed by atoms with van der Waals surface area (Å²) in [6, 6.07) is 13.9. The first-order valence-corrected chi connectivity index (χ1v) is 21.2. The number of ether oxygens (including phenoxy) is 1. The number of benzene rings is 2. The van der Waals surface area contributed by atoms with E-state index in [4.69, 9.17) is 14.9 Å². The van der Waals surface area contributed by atoms with E-state index < -0.39 is 93.0 Å². The third-order valence-electron chi connectivity index (χ3n) is 11.3. The van der Waals surface area contributed by atoms with Gasteiger partial charge in [-0.05, 0) is 62.5 Å². The van der Waals surface area contributed by atoms with Crippen LogP contribution in [0.5, 0.6) is 0 Å². The van der Waals surface area contributed by atoms with Gasteiger partial charge in [0.05, 0.1) is 17.2 Å². The van der Waals surface area contributed by atoms with E-state index in [2.05, 4.69) is 16.7 Å². The van der Waals surface area contributed by atoms with E-state index in [-0.39, 0.29) is 13.0 Å². The number of cyclic esters (lactones) is 1. The van der Waals surface area contributed by atoms with Crippen LogP contribution < -0.4 is 15.4 Å². The lowest BCUT2D eigenvalue weighted by atomic mass is 9.85. The summed E-state index contributed by atoms with van der Waals surface area (Å²) in [7, 11) is -4.14. The molecule has 58 heavy (non-hydrogen) atoms. The quantitative estimate of drug-likeness (QED) is 0.288. The van der Waals surface area contributed by atoms with E-state index in [1.165, 1.54) is 9.70 Å². The normalized spacial score (nSPS) is 27.3. The Balaban J connectivity index is 1.29. The number of rotatable bonds is 7. The van der Waals surface area contributed by atoms with Crippen LogP contribution in [0.4, 0.5) is 13.6 Å². The van der Waals surface area contributed by atoms with Crippen LogP contribution in [0.2, 0.25) is 0 Å². The first kappa shape index (κ1) is 41.0. The molecule has 1 saturated heterocycles. The van der Waals surface area contributed by atoms with Gasteiger partial charge in [0.2, 0.25) is 28.3 Å². The van der Waals surface area contributed by atoms with Gasteiger partial charge in [-0.1, -0.05) is 81.5 Å². The van der Waals surface area contributed by atoms with Crippen molar-refractivity contribution < 1.29 is 41.1 Å². The number of halogens is 2. The van der Waals surface area contributed by atoms with Crippen molar-refractivity contribution in [3.05, 3.63) is 66.2 Å². The highest BCUT2D eigenvalue weighted by molar-refractivity contribution is 7.91. The first-order valence-electron chi connectivity index (χ1n) is 19.7. The molecule has 3 heterocycles. The van der Waals surface area contributed by atoms with Crippen LogP contribution in [0.25, 0.3) is 28.6 Å². The number of fused-ring (bicyclic) bond motifs is 8. The third kappa shape index (κ3) is 8.64. The summed E-state index contributed by atoms with van der Waals surface area (Å²) in [6.45, 7) is 6.86. The van der Waals surface area contributed by atoms with Gasteiger partial charge in [-0.2, -0.15) is 15.0 Å². The standard InChI is InChI=1S/C41H49F2N7O7S/c1-24-12-7-5-8-13-25-14-11-17-27(20-25)33-32(26-15-9-6-10-16-26)46-50(47-33)28-21-31(49(23-28)37(52)34(40(2,3)4)44-39(54)57-24)36(51)45-41(22-30(41)35(42)43)38(53)48-58(55,56)29-18-19-29/h6,8-11,13-17,20,24,28-31,34-35H,5,7,12,18-19,21-23H2,1-4H3,(H,44,54)(H,45,51)(H,48,53)/b13-8+/t24-,28?,30+,31+,34-,41+/m1/s1. The van der Waals surface area contributed by atoms with Crippen LogP contribution in [-0.4, -0.2) is 94.1 Å². The van der Waals surface area contributed by atoms with Crippen LogP contribution >= 0.6 is 0 Å². The molecule has 4 aliphatic rings. The number of allylic oxidation sites excluding steroid dienone is 1. The summed E-state index contributed by atoms with van der Waals surface area (Å²) in [5, 5.41) is 14.2. The lowest BCUT2D eigenvalue weighted by Gasteiger charge is -2.35. The molecule has 0 radical (unpaired) electrons. The van der Waals surface area contributed by atoms with E-state index in [1.807, 2.05) is 65.4 Å². The number of aromatic nitrogens is 3. The first-order chi connectivity index (χ1) is 27.5. The Labute approximate surface area is 336 Å². The van der Waals surface area contributed by atoms with Gasteiger partial charge in [-0.3, -0.25) is 19.1 Å². The zero-order valence-electron chi connectivity index (χ0n) is 32.9. The molecule has 2 aliphatic heterocycles. The number of carbonyl (C=O) groups excluding carboxylic acids is 4. The van der Waals surface area contributed by atoms with Crippen molar-refractivity contribution in [1.82, 2.24) is 35.2 Å². The average molecular weight is 822 g/mol. The molecule has 17 heteroatoms. The molecule has 2 saturated carbocycles. The summed E-state index contributed by atoms with van der Waals surface area (Å²) in [5.74, 6) is -4.49. The number of alkyl carbamates (subject to hydrolysis) is 1. The second-order valence-corrected chi connectivity index (χ2v) is 18.8. The maximum Gasteiger partial charge on any atom is 0.408 e. The summed E-state index contributed by atoms with van der Waals surface area (Å²) < 4.78 is 61.5. The van der Waals surface area contributed by atoms with Crippen LogP contribution in [0, 0.1) is 11.3 Å². The molecule has 14 nitrogen and oxygen atoms in total. The van der Waals surface area contributed by atoms with Gasteiger partial charge >= 0.3 is 6.09 Å². The lowest BCUT2D eigenvalue weighted by Crippen LogP contribution is -2.60. The van der Waals surface area contributed by atoms with Gasteiger partial charge in [0.25, 0.3) is 5.91 Å². The Kier molecular flexibility index (Phi) is 11.2. The zero-order chi connectivity index (χ0) is 41.6. The average Bonchev–Trinajstić information content (AvgIpc) is 4.06. The van der Waals surface area contributed by atoms with Gasteiger partial charge < -0.3 is 20.3 Å². The van der Waals surface area contributed by atoms with Crippen molar-refractivity contribution in [3.63, 3.8) is 0 Å². The molecule has 3 aromatic rings. The molecular formula is C41H49F2N7O7S. The minimum Gasteiger partial charge on any atom is -0.447 e. The van der Waals surface area contributed by atoms with Gasteiger partial charge in [-0.15, -0.1) is 0 Å². The number of hydrogen-bond donors (Lipinski definition) is 3. The fourth-order valence-corrected chi connectivity index (χ4v) is 9.09. The smallest absolute Gasteiger partial charge is 0.408 e. The SMILES string of the molecule is C[C@@H]1CCC/C=C/c2cccc(c2)-c2nn(nc2-c2ccccc2)C2C[C@@H](C(=O)N[C@@]3(C(=O)NS(=O)(=O)C4CC4)C[C@H]3C(F)F)N(C2)C(=O)[C@H](C(C)(C)C)NC(=O)O1. The summed E-state index contributed by atoms with van der Waals surface area (Å²) in [5.41, 5.74) is 0.457. The van der Waals surface area contributed by atoms with Crippen molar-refractivity contribution in [1.29, 1.82) is 0 Å². The second kappa shape index (κ2) is 15.9. The number of amides is 4. The van der Waals surface area contributed by atoms with Crippen LogP contribution in [-0.2, 0) is 29.1 Å². The molecule has 1 unspecified atom stereocenters. The number of nitrogens with zero attached hydrogens (tertiary/aromatic N) is 4. The predicted molar refractivity (Wildman–Crippen MR) is 210 cm³/mol. The topological polar surface area (TPSA) is 182 Å². The van der Waals surface area contributed by atoms with E-state index >= 15 is 0 Å². The lowest BCUT2D eigenvalue weighted by molar-refractivity contribution is -0.143. The van der Waals surface area contributed by atoms with Crippen LogP contribution in [0.1, 0.15) is 84.2 Å². The van der Waals surface area contributed by atoms with Crippen molar-refractivity contribution >= 4 is 39.9 Å². The Morgan fingerprint density at radius 2 is 1.69 bits per heavy atom. The Morgan fingerprint density at radius 1 is 1.00 bits per heavy atom. The predicted octanol–water partition coefficient (Wildman–Crippen LogP) is 5.23. The number of carbonyl (C=O) groups is 4. The highest BCUT2D eigenvalue weighted by atomic mass is 32.2. The van der Waals surface area contributed by atoms with Gasteiger partial charge in [0.15, 0.2) is 0 Å². The molecule has 310 valence electrons. The minimum atomic E-state index is -4.14. The van der Waals surface area contributed by atoms with Crippen molar-refractivity contribution in [2.45, 2.75) is 114 Å². The third-order valence-corrected chi connectivity index (χ3v) is 13.1. The maximum atomic E-state index is 14.7. The number of sulfonamides is 1. The molecular weight excluding hydrogens is 773 g/mol. The molecule has 2 aromatic carbocycles. The monoisotopic (exact) mass is 821 g/mol. The van der Waals surface area contributed by atoms with Gasteiger partial charge in [0, 0.05) is 24.1 Å². The second-order valence-electron chi connectivity index (χ2n) is 16.9. The molecule has 1 aromatic heterocycles. The number of nitrogens with one attached hydrogen (secondary N) is 3.